The number of carbonyl (C=O) groups is 4. The van der Waals surface area contributed by atoms with E-state index < -0.39 is 12.0 Å². The first-order valence-electron chi connectivity index (χ1n) is 7.92. The van der Waals surface area contributed by atoms with Crippen LogP contribution in [0.2, 0.25) is 0 Å². The number of nitrogens with zero attached hydrogens (tertiary/aromatic N) is 1. The molecule has 3 rings (SSSR count). The van der Waals surface area contributed by atoms with E-state index in [1.54, 1.807) is 24.3 Å². The summed E-state index contributed by atoms with van der Waals surface area (Å²) >= 11 is 0. The molecule has 7 heteroatoms. The van der Waals surface area contributed by atoms with E-state index in [9.17, 15) is 19.2 Å². The van der Waals surface area contributed by atoms with Crippen LogP contribution in [0.5, 0.6) is 0 Å². The number of carboxylic acids is 1. The minimum Gasteiger partial charge on any atom is -0.480 e. The predicted octanol–water partition coefficient (Wildman–Crippen LogP) is 0.581. The molecule has 2 saturated heterocycles. The maximum absolute atomic E-state index is 12.5. The molecular formula is C17H18N2O5. The van der Waals surface area contributed by atoms with E-state index in [0.717, 1.165) is 5.56 Å². The number of hydrogen-bond acceptors (Lipinski definition) is 4. The number of likely N-dealkylation sites (tertiary alicyclic amines) is 1. The largest absolute Gasteiger partial charge is 0.480 e. The lowest BCUT2D eigenvalue weighted by molar-refractivity contribution is -0.141. The number of carboxylic acid groups (broad SMARTS) is 1. The Labute approximate surface area is 138 Å². The van der Waals surface area contributed by atoms with E-state index in [0.29, 0.717) is 31.4 Å². The van der Waals surface area contributed by atoms with Gasteiger partial charge in [0.1, 0.15) is 6.04 Å². The van der Waals surface area contributed by atoms with Gasteiger partial charge in [-0.05, 0) is 37.0 Å². The van der Waals surface area contributed by atoms with Crippen molar-refractivity contribution in [2.75, 3.05) is 6.54 Å². The Morgan fingerprint density at radius 1 is 1.21 bits per heavy atom. The van der Waals surface area contributed by atoms with Crippen LogP contribution in [-0.2, 0) is 20.8 Å². The summed E-state index contributed by atoms with van der Waals surface area (Å²) in [4.78, 5) is 47.8. The van der Waals surface area contributed by atoms with Crippen molar-refractivity contribution in [3.8, 4) is 0 Å². The van der Waals surface area contributed by atoms with E-state index in [1.807, 2.05) is 0 Å². The molecule has 7 nitrogen and oxygen atoms in total. The van der Waals surface area contributed by atoms with Crippen LogP contribution in [0.4, 0.5) is 0 Å². The number of hydrogen-bond donors (Lipinski definition) is 2. The molecule has 0 spiro atoms. The summed E-state index contributed by atoms with van der Waals surface area (Å²) in [5, 5.41) is 11.4. The van der Waals surface area contributed by atoms with Gasteiger partial charge in [0.2, 0.25) is 11.8 Å². The SMILES string of the molecule is O=C1CC(Cc2ccc(C(=O)N3CCC[C@@H]3C(=O)O)cc2)C(=O)N1. The molecule has 0 saturated carbocycles. The van der Waals surface area contributed by atoms with Gasteiger partial charge in [-0.2, -0.15) is 0 Å². The van der Waals surface area contributed by atoms with E-state index in [4.69, 9.17) is 5.11 Å². The van der Waals surface area contributed by atoms with Crippen molar-refractivity contribution in [2.45, 2.75) is 31.7 Å². The quantitative estimate of drug-likeness (QED) is 0.786. The number of rotatable bonds is 4. The van der Waals surface area contributed by atoms with Crippen LogP contribution in [0.25, 0.3) is 0 Å². The zero-order valence-electron chi connectivity index (χ0n) is 13.0. The molecule has 0 bridgehead atoms. The summed E-state index contributed by atoms with van der Waals surface area (Å²) in [5.41, 5.74) is 1.29. The molecule has 0 radical (unpaired) electrons. The predicted molar refractivity (Wildman–Crippen MR) is 83.1 cm³/mol. The van der Waals surface area contributed by atoms with Gasteiger partial charge >= 0.3 is 5.97 Å². The normalized spacial score (nSPS) is 23.4. The Morgan fingerprint density at radius 3 is 2.50 bits per heavy atom. The van der Waals surface area contributed by atoms with Gasteiger partial charge in [0, 0.05) is 18.5 Å². The van der Waals surface area contributed by atoms with Crippen molar-refractivity contribution in [1.29, 1.82) is 0 Å². The summed E-state index contributed by atoms with van der Waals surface area (Å²) in [6, 6.07) is 6.02. The number of amides is 3. The third-order valence-corrected chi connectivity index (χ3v) is 4.55. The smallest absolute Gasteiger partial charge is 0.326 e. The van der Waals surface area contributed by atoms with Crippen LogP contribution in [0.1, 0.15) is 35.2 Å². The van der Waals surface area contributed by atoms with Crippen LogP contribution in [-0.4, -0.2) is 46.3 Å². The second-order valence-corrected chi connectivity index (χ2v) is 6.21. The van der Waals surface area contributed by atoms with Gasteiger partial charge in [0.05, 0.1) is 5.92 Å². The fourth-order valence-corrected chi connectivity index (χ4v) is 3.27. The molecule has 1 aromatic rings. The Kier molecular flexibility index (Phi) is 4.33. The lowest BCUT2D eigenvalue weighted by atomic mass is 9.97. The van der Waals surface area contributed by atoms with Crippen LogP contribution in [0.15, 0.2) is 24.3 Å². The van der Waals surface area contributed by atoms with Crippen molar-refractivity contribution in [2.24, 2.45) is 5.92 Å². The third kappa shape index (κ3) is 3.15. The van der Waals surface area contributed by atoms with Crippen LogP contribution in [0, 0.1) is 5.92 Å². The molecule has 126 valence electrons. The standard InChI is InChI=1S/C17H18N2O5/c20-14-9-12(15(21)18-14)8-10-3-5-11(6-4-10)16(22)19-7-1-2-13(19)17(23)24/h3-6,12-13H,1-2,7-9H2,(H,23,24)(H,18,20,21)/t12?,13-/m1/s1. The first kappa shape index (κ1) is 16.2. The maximum Gasteiger partial charge on any atom is 0.326 e. The number of nitrogens with one attached hydrogen (secondary N) is 1. The molecule has 0 aromatic heterocycles. The van der Waals surface area contributed by atoms with Crippen molar-refractivity contribution < 1.29 is 24.3 Å². The van der Waals surface area contributed by atoms with Crippen molar-refractivity contribution in [3.63, 3.8) is 0 Å². The van der Waals surface area contributed by atoms with Gasteiger partial charge in [-0.3, -0.25) is 19.7 Å². The molecule has 2 fully saturated rings. The molecule has 24 heavy (non-hydrogen) atoms. The molecule has 3 amide bonds. The average molecular weight is 330 g/mol. The monoisotopic (exact) mass is 330 g/mol. The van der Waals surface area contributed by atoms with E-state index in [1.165, 1.54) is 4.90 Å². The number of carbonyl (C=O) groups excluding carboxylic acids is 3. The molecule has 0 aliphatic carbocycles. The summed E-state index contributed by atoms with van der Waals surface area (Å²) in [5.74, 6) is -2.16. The Morgan fingerprint density at radius 2 is 1.92 bits per heavy atom. The van der Waals surface area contributed by atoms with Gasteiger partial charge in [0.15, 0.2) is 0 Å². The van der Waals surface area contributed by atoms with Crippen molar-refractivity contribution in [1.82, 2.24) is 10.2 Å². The van der Waals surface area contributed by atoms with E-state index >= 15 is 0 Å². The zero-order valence-corrected chi connectivity index (χ0v) is 13.0. The summed E-state index contributed by atoms with van der Waals surface area (Å²) < 4.78 is 0. The van der Waals surface area contributed by atoms with Crippen molar-refractivity contribution in [3.05, 3.63) is 35.4 Å². The van der Waals surface area contributed by atoms with Gasteiger partial charge in [-0.1, -0.05) is 12.1 Å². The van der Waals surface area contributed by atoms with Gasteiger partial charge in [-0.25, -0.2) is 4.79 Å². The molecule has 2 heterocycles. The first-order valence-corrected chi connectivity index (χ1v) is 7.92. The number of benzene rings is 1. The van der Waals surface area contributed by atoms with E-state index in [-0.39, 0.29) is 30.1 Å². The first-order chi connectivity index (χ1) is 11.5. The molecular weight excluding hydrogens is 312 g/mol. The fourth-order valence-electron chi connectivity index (χ4n) is 3.27. The van der Waals surface area contributed by atoms with Gasteiger partial charge in [-0.15, -0.1) is 0 Å². The highest BCUT2D eigenvalue weighted by Crippen LogP contribution is 2.22. The molecule has 1 aromatic carbocycles. The lowest BCUT2D eigenvalue weighted by Gasteiger charge is -2.21. The maximum atomic E-state index is 12.5. The zero-order chi connectivity index (χ0) is 17.3. The summed E-state index contributed by atoms with van der Waals surface area (Å²) in [6.45, 7) is 0.446. The average Bonchev–Trinajstić information content (AvgIpc) is 3.14. The molecule has 2 atom stereocenters. The van der Waals surface area contributed by atoms with Crippen molar-refractivity contribution >= 4 is 23.7 Å². The Balaban J connectivity index is 1.68. The Hall–Kier alpha value is -2.70. The molecule has 1 unspecified atom stereocenters. The second-order valence-electron chi connectivity index (χ2n) is 6.21. The van der Waals surface area contributed by atoms with E-state index in [2.05, 4.69) is 5.32 Å². The van der Waals surface area contributed by atoms with Crippen LogP contribution >= 0.6 is 0 Å². The minimum atomic E-state index is -0.977. The third-order valence-electron chi connectivity index (χ3n) is 4.55. The lowest BCUT2D eigenvalue weighted by Crippen LogP contribution is -2.40. The van der Waals surface area contributed by atoms with Gasteiger partial charge in [0.25, 0.3) is 5.91 Å². The topological polar surface area (TPSA) is 104 Å². The Bertz CT molecular complexity index is 697. The van der Waals surface area contributed by atoms with Crippen LogP contribution in [0.3, 0.4) is 0 Å². The molecule has 2 N–H and O–H groups in total. The number of imide groups is 1. The molecule has 2 aliphatic heterocycles. The minimum absolute atomic E-state index is 0.188. The second kappa shape index (κ2) is 6.43. The summed E-state index contributed by atoms with van der Waals surface area (Å²) in [7, 11) is 0. The highest BCUT2D eigenvalue weighted by atomic mass is 16.4. The molecule has 2 aliphatic rings. The summed E-state index contributed by atoms with van der Waals surface area (Å²) in [6.07, 6.45) is 1.79. The highest BCUT2D eigenvalue weighted by molar-refractivity contribution is 6.03. The number of aliphatic carboxylic acids is 1. The van der Waals surface area contributed by atoms with Gasteiger partial charge < -0.3 is 10.0 Å². The fraction of sp³-hybridized carbons (Fsp3) is 0.412. The van der Waals surface area contributed by atoms with Crippen LogP contribution < -0.4 is 5.32 Å². The highest BCUT2D eigenvalue weighted by Gasteiger charge is 2.34.